The first-order chi connectivity index (χ1) is 13.4. The molecule has 7 atom stereocenters. The summed E-state index contributed by atoms with van der Waals surface area (Å²) in [6.45, 7) is 9.27. The van der Waals surface area contributed by atoms with Gasteiger partial charge < -0.3 is 9.84 Å². The molecule has 4 heteroatoms. The number of allylic oxidation sites excluding steroid dienone is 1. The largest absolute Gasteiger partial charge is 0.393 e. The highest BCUT2D eigenvalue weighted by Gasteiger charge is 2.61. The number of carbonyl (C=O) groups excluding carboxylic acids is 1. The lowest BCUT2D eigenvalue weighted by Gasteiger charge is -2.56. The van der Waals surface area contributed by atoms with Gasteiger partial charge in [-0.2, -0.15) is 0 Å². The minimum Gasteiger partial charge on any atom is -0.393 e. The van der Waals surface area contributed by atoms with E-state index in [2.05, 4.69) is 24.8 Å². The smallest absolute Gasteiger partial charge is 0.143 e. The zero-order valence-electron chi connectivity index (χ0n) is 17.7. The molecule has 0 aromatic carbocycles. The predicted octanol–water partition coefficient (Wildman–Crippen LogP) is 3.44. The molecule has 28 heavy (non-hydrogen) atoms. The fourth-order valence-electron chi connectivity index (χ4n) is 7.84. The fourth-order valence-corrected chi connectivity index (χ4v) is 7.84. The van der Waals surface area contributed by atoms with Gasteiger partial charge in [-0.3, -0.25) is 9.69 Å². The van der Waals surface area contributed by atoms with Crippen molar-refractivity contribution in [2.24, 2.45) is 34.5 Å². The van der Waals surface area contributed by atoms with Crippen molar-refractivity contribution in [3.8, 4) is 0 Å². The van der Waals surface area contributed by atoms with Crippen molar-refractivity contribution < 1.29 is 14.6 Å². The van der Waals surface area contributed by atoms with E-state index in [4.69, 9.17) is 4.74 Å². The van der Waals surface area contributed by atoms with E-state index in [0.717, 1.165) is 71.4 Å². The minimum absolute atomic E-state index is 0.103. The number of aliphatic hydroxyl groups excluding tert-OH is 1. The molecule has 0 aromatic rings. The molecule has 3 saturated carbocycles. The summed E-state index contributed by atoms with van der Waals surface area (Å²) >= 11 is 0. The van der Waals surface area contributed by atoms with Gasteiger partial charge in [0.25, 0.3) is 0 Å². The second kappa shape index (κ2) is 6.92. The van der Waals surface area contributed by atoms with E-state index in [-0.39, 0.29) is 22.9 Å². The number of carbonyl (C=O) groups is 1. The molecule has 1 saturated heterocycles. The maximum absolute atomic E-state index is 13.5. The van der Waals surface area contributed by atoms with Gasteiger partial charge in [0, 0.05) is 31.0 Å². The number of hydrogen-bond acceptors (Lipinski definition) is 4. The normalized spacial score (nSPS) is 49.2. The Morgan fingerprint density at radius 3 is 2.68 bits per heavy atom. The highest BCUT2D eigenvalue weighted by Crippen LogP contribution is 2.64. The van der Waals surface area contributed by atoms with Gasteiger partial charge in [-0.1, -0.05) is 25.5 Å². The number of hydrogen-bond donors (Lipinski definition) is 1. The van der Waals surface area contributed by atoms with Gasteiger partial charge in [0.2, 0.25) is 0 Å². The number of morpholine rings is 1. The van der Waals surface area contributed by atoms with Crippen LogP contribution in [-0.2, 0) is 9.53 Å². The van der Waals surface area contributed by atoms with Crippen LogP contribution in [0, 0.1) is 34.5 Å². The highest BCUT2D eigenvalue weighted by atomic mass is 16.5. The molecule has 0 amide bonds. The van der Waals surface area contributed by atoms with Crippen LogP contribution in [0.1, 0.15) is 58.8 Å². The maximum Gasteiger partial charge on any atom is 0.143 e. The SMILES string of the molecule is C[C@]12CC[C@@H](O)CC1=CC[C@@H]1[C@@H]2CC[C@]2(C)C(=O)[C@@H](CN3CCOCC3)C[C@@H]12. The Morgan fingerprint density at radius 2 is 1.89 bits per heavy atom. The third-order valence-electron chi connectivity index (χ3n) is 9.52. The van der Waals surface area contributed by atoms with E-state index in [1.54, 1.807) is 0 Å². The molecule has 0 unspecified atom stereocenters. The highest BCUT2D eigenvalue weighted by molar-refractivity contribution is 5.89. The van der Waals surface area contributed by atoms with Crippen LogP contribution in [0.4, 0.5) is 0 Å². The Hall–Kier alpha value is -0.710. The van der Waals surface area contributed by atoms with E-state index in [1.165, 1.54) is 12.0 Å². The number of ketones is 1. The molecule has 5 rings (SSSR count). The summed E-state index contributed by atoms with van der Waals surface area (Å²) in [5, 5.41) is 10.2. The van der Waals surface area contributed by atoms with E-state index in [0.29, 0.717) is 23.5 Å². The lowest BCUT2D eigenvalue weighted by Crippen LogP contribution is -2.50. The van der Waals surface area contributed by atoms with Crippen LogP contribution >= 0.6 is 0 Å². The van der Waals surface area contributed by atoms with Crippen LogP contribution in [0.2, 0.25) is 0 Å². The van der Waals surface area contributed by atoms with Gasteiger partial charge in [0.15, 0.2) is 0 Å². The first kappa shape index (κ1) is 19.3. The average Bonchev–Trinajstić information content (AvgIpc) is 2.94. The number of Topliss-reactive ketones (excluding diaryl/α,β-unsaturated/α-hetero) is 1. The van der Waals surface area contributed by atoms with Crippen molar-refractivity contribution in [1.29, 1.82) is 0 Å². The predicted molar refractivity (Wildman–Crippen MR) is 109 cm³/mol. The quantitative estimate of drug-likeness (QED) is 0.738. The van der Waals surface area contributed by atoms with Gasteiger partial charge in [-0.15, -0.1) is 0 Å². The number of ether oxygens (including phenoxy) is 1. The summed E-state index contributed by atoms with van der Waals surface area (Å²) < 4.78 is 5.49. The molecule has 4 nitrogen and oxygen atoms in total. The Morgan fingerprint density at radius 1 is 1.14 bits per heavy atom. The molecule has 4 aliphatic carbocycles. The second-order valence-electron chi connectivity index (χ2n) is 10.8. The number of rotatable bonds is 2. The van der Waals surface area contributed by atoms with Gasteiger partial charge >= 0.3 is 0 Å². The van der Waals surface area contributed by atoms with Crippen molar-refractivity contribution in [3.05, 3.63) is 11.6 Å². The van der Waals surface area contributed by atoms with Crippen LogP contribution in [-0.4, -0.2) is 54.7 Å². The molecule has 5 aliphatic rings. The molecule has 156 valence electrons. The molecule has 4 fully saturated rings. The van der Waals surface area contributed by atoms with E-state index in [9.17, 15) is 9.90 Å². The monoisotopic (exact) mass is 387 g/mol. The fraction of sp³-hybridized carbons (Fsp3) is 0.875. The van der Waals surface area contributed by atoms with Crippen molar-refractivity contribution >= 4 is 5.78 Å². The first-order valence-corrected chi connectivity index (χ1v) is 11.6. The van der Waals surface area contributed by atoms with Gasteiger partial charge in [-0.25, -0.2) is 0 Å². The number of aliphatic hydroxyl groups is 1. The van der Waals surface area contributed by atoms with Crippen LogP contribution in [0.15, 0.2) is 11.6 Å². The van der Waals surface area contributed by atoms with Crippen LogP contribution in [0.5, 0.6) is 0 Å². The summed E-state index contributed by atoms with van der Waals surface area (Å²) in [5.41, 5.74) is 1.67. The lowest BCUT2D eigenvalue weighted by molar-refractivity contribution is -0.134. The summed E-state index contributed by atoms with van der Waals surface area (Å²) in [6, 6.07) is 0. The van der Waals surface area contributed by atoms with E-state index in [1.807, 2.05) is 0 Å². The molecule has 0 radical (unpaired) electrons. The van der Waals surface area contributed by atoms with Crippen molar-refractivity contribution in [2.45, 2.75) is 64.9 Å². The number of nitrogens with zero attached hydrogens (tertiary/aromatic N) is 1. The van der Waals surface area contributed by atoms with Crippen LogP contribution in [0.3, 0.4) is 0 Å². The molecule has 0 bridgehead atoms. The Bertz CT molecular complexity index is 669. The average molecular weight is 388 g/mol. The van der Waals surface area contributed by atoms with Gasteiger partial charge in [-0.05, 0) is 68.1 Å². The molecule has 1 aliphatic heterocycles. The van der Waals surface area contributed by atoms with Gasteiger partial charge in [0.1, 0.15) is 5.78 Å². The van der Waals surface area contributed by atoms with Crippen LogP contribution < -0.4 is 0 Å². The van der Waals surface area contributed by atoms with Crippen molar-refractivity contribution in [2.75, 3.05) is 32.8 Å². The Balaban J connectivity index is 1.38. The first-order valence-electron chi connectivity index (χ1n) is 11.6. The minimum atomic E-state index is -0.143. The standard InChI is InChI=1S/C24H37NO3/c1-23-7-5-18(26)14-17(23)3-4-19-20(23)6-8-24(2)21(19)13-16(22(24)27)15-25-9-11-28-12-10-25/h3,16,18-21,26H,4-15H2,1-2H3/t16-,18-,19-,20+,21+,23+,24+/m1/s1. The zero-order chi connectivity index (χ0) is 19.5. The number of fused-ring (bicyclic) bond motifs is 5. The summed E-state index contributed by atoms with van der Waals surface area (Å²) in [5.74, 6) is 2.68. The Kier molecular flexibility index (Phi) is 4.76. The Labute approximate surface area is 169 Å². The lowest BCUT2D eigenvalue weighted by atomic mass is 9.48. The van der Waals surface area contributed by atoms with E-state index < -0.39 is 0 Å². The zero-order valence-corrected chi connectivity index (χ0v) is 17.7. The molecule has 1 N–H and O–H groups in total. The molecular formula is C24H37NO3. The van der Waals surface area contributed by atoms with Crippen LogP contribution in [0.25, 0.3) is 0 Å². The molecular weight excluding hydrogens is 350 g/mol. The van der Waals surface area contributed by atoms with Crippen molar-refractivity contribution in [3.63, 3.8) is 0 Å². The van der Waals surface area contributed by atoms with Crippen molar-refractivity contribution in [1.82, 2.24) is 4.90 Å². The summed E-state index contributed by atoms with van der Waals surface area (Å²) in [4.78, 5) is 16.0. The third kappa shape index (κ3) is 2.86. The summed E-state index contributed by atoms with van der Waals surface area (Å²) in [6.07, 6.45) is 9.74. The molecule has 1 heterocycles. The van der Waals surface area contributed by atoms with Gasteiger partial charge in [0.05, 0.1) is 19.3 Å². The third-order valence-corrected chi connectivity index (χ3v) is 9.52. The van der Waals surface area contributed by atoms with E-state index >= 15 is 0 Å². The second-order valence-corrected chi connectivity index (χ2v) is 10.8. The topological polar surface area (TPSA) is 49.8 Å². The molecule has 0 aromatic heterocycles. The maximum atomic E-state index is 13.5. The summed E-state index contributed by atoms with van der Waals surface area (Å²) in [7, 11) is 0. The molecule has 0 spiro atoms.